The van der Waals surface area contributed by atoms with Crippen LogP contribution in [0.1, 0.15) is 41.8 Å². The highest BCUT2D eigenvalue weighted by Crippen LogP contribution is 2.36. The van der Waals surface area contributed by atoms with E-state index in [2.05, 4.69) is 0 Å². The van der Waals surface area contributed by atoms with Gasteiger partial charge in [0.25, 0.3) is 5.91 Å². The Morgan fingerprint density at radius 3 is 2.07 bits per heavy atom. The monoisotopic (exact) mass is 397 g/mol. The molecular weight excluding hydrogens is 366 g/mol. The summed E-state index contributed by atoms with van der Waals surface area (Å²) < 4.78 is 26.2. The van der Waals surface area contributed by atoms with Crippen LogP contribution >= 0.6 is 0 Å². The van der Waals surface area contributed by atoms with Crippen molar-refractivity contribution in [2.24, 2.45) is 0 Å². The van der Waals surface area contributed by atoms with E-state index >= 15 is 0 Å². The first-order valence-electron chi connectivity index (χ1n) is 9.19. The lowest BCUT2D eigenvalue weighted by atomic mass is 9.93. The zero-order valence-corrected chi connectivity index (χ0v) is 17.6. The van der Waals surface area contributed by atoms with Gasteiger partial charge in [0.15, 0.2) is 13.6 Å². The first kappa shape index (κ1) is 23.7. The van der Waals surface area contributed by atoms with E-state index in [0.717, 1.165) is 12.0 Å². The van der Waals surface area contributed by atoms with E-state index in [9.17, 15) is 9.59 Å². The van der Waals surface area contributed by atoms with Crippen LogP contribution < -0.4 is 9.47 Å². The maximum Gasteiger partial charge on any atom is 0.310 e. The van der Waals surface area contributed by atoms with Crippen molar-refractivity contribution in [2.45, 2.75) is 33.1 Å². The van der Waals surface area contributed by atoms with Crippen molar-refractivity contribution in [3.8, 4) is 11.5 Å². The normalized spacial score (nSPS) is 10.5. The molecule has 0 saturated carbocycles. The van der Waals surface area contributed by atoms with Crippen LogP contribution in [-0.4, -0.2) is 65.3 Å². The minimum absolute atomic E-state index is 0.0252. The second-order valence-corrected chi connectivity index (χ2v) is 6.14. The van der Waals surface area contributed by atoms with Gasteiger partial charge in [0.05, 0.1) is 19.1 Å². The van der Waals surface area contributed by atoms with Crippen molar-refractivity contribution in [3.05, 3.63) is 22.8 Å². The lowest BCUT2D eigenvalue weighted by molar-refractivity contribution is -0.139. The number of carbonyl (C=O) groups is 2. The topological polar surface area (TPSA) is 83.5 Å². The lowest BCUT2D eigenvalue weighted by Gasteiger charge is -2.24. The molecule has 1 rings (SSSR count). The number of amides is 1. The van der Waals surface area contributed by atoms with Crippen molar-refractivity contribution >= 4 is 11.9 Å². The van der Waals surface area contributed by atoms with Crippen molar-refractivity contribution in [2.75, 3.05) is 48.5 Å². The molecule has 0 aliphatic carbocycles. The highest BCUT2D eigenvalue weighted by atomic mass is 16.7. The Morgan fingerprint density at radius 2 is 1.57 bits per heavy atom. The molecule has 1 amide bonds. The van der Waals surface area contributed by atoms with Crippen LogP contribution in [0, 0.1) is 0 Å². The zero-order valence-electron chi connectivity index (χ0n) is 17.6. The van der Waals surface area contributed by atoms with Crippen LogP contribution in [-0.2, 0) is 31.8 Å². The molecule has 8 nitrogen and oxygen atoms in total. The van der Waals surface area contributed by atoms with E-state index < -0.39 is 5.97 Å². The molecule has 0 atom stereocenters. The fourth-order valence-electron chi connectivity index (χ4n) is 2.88. The number of benzene rings is 1. The van der Waals surface area contributed by atoms with Gasteiger partial charge in [0, 0.05) is 33.9 Å². The summed E-state index contributed by atoms with van der Waals surface area (Å²) in [5.74, 6) is 0.0874. The number of rotatable bonds is 12. The maximum absolute atomic E-state index is 13.2. The van der Waals surface area contributed by atoms with E-state index in [1.807, 2.05) is 13.8 Å². The Bertz CT molecular complexity index is 660. The van der Waals surface area contributed by atoms with E-state index in [1.165, 1.54) is 21.3 Å². The Labute approximate surface area is 166 Å². The highest BCUT2D eigenvalue weighted by molar-refractivity contribution is 6.00. The number of hydrogen-bond acceptors (Lipinski definition) is 7. The molecule has 0 radical (unpaired) electrons. The number of carbonyl (C=O) groups excluding carboxylic acids is 2. The maximum atomic E-state index is 13.2. The summed E-state index contributed by atoms with van der Waals surface area (Å²) in [5, 5.41) is 0. The standard InChI is InChI=1S/C20H31NO7/c1-7-9-21(3)20(23)19-15(10-18(22)26-6)14(8-2)16(27-12-24-4)11-17(19)28-13-25-5/h11H,7-10,12-13H2,1-6H3. The van der Waals surface area contributed by atoms with E-state index in [-0.39, 0.29) is 31.7 Å². The number of ether oxygens (including phenoxy) is 5. The van der Waals surface area contributed by atoms with Gasteiger partial charge in [-0.3, -0.25) is 9.59 Å². The minimum Gasteiger partial charge on any atom is -0.469 e. The molecule has 0 aliphatic rings. The van der Waals surface area contributed by atoms with E-state index in [1.54, 1.807) is 18.0 Å². The Hall–Kier alpha value is -2.32. The minimum atomic E-state index is -0.455. The largest absolute Gasteiger partial charge is 0.469 e. The van der Waals surface area contributed by atoms with Crippen molar-refractivity contribution in [1.82, 2.24) is 4.90 Å². The Kier molecular flexibility index (Phi) is 10.3. The summed E-state index contributed by atoms with van der Waals surface area (Å²) in [7, 11) is 6.03. The SMILES string of the molecule is CCCN(C)C(=O)c1c(OCOC)cc(OCOC)c(CC)c1CC(=O)OC. The van der Waals surface area contributed by atoms with Gasteiger partial charge in [-0.1, -0.05) is 13.8 Å². The van der Waals surface area contributed by atoms with Crippen molar-refractivity contribution in [3.63, 3.8) is 0 Å². The van der Waals surface area contributed by atoms with Gasteiger partial charge >= 0.3 is 5.97 Å². The van der Waals surface area contributed by atoms with Crippen LogP contribution in [0.3, 0.4) is 0 Å². The molecular formula is C20H31NO7. The molecule has 28 heavy (non-hydrogen) atoms. The van der Waals surface area contributed by atoms with Gasteiger partial charge < -0.3 is 28.6 Å². The van der Waals surface area contributed by atoms with Crippen LogP contribution in [0.2, 0.25) is 0 Å². The second kappa shape index (κ2) is 12.2. The van der Waals surface area contributed by atoms with Crippen LogP contribution in [0.25, 0.3) is 0 Å². The first-order chi connectivity index (χ1) is 13.4. The van der Waals surface area contributed by atoms with Gasteiger partial charge in [-0.15, -0.1) is 0 Å². The van der Waals surface area contributed by atoms with Crippen molar-refractivity contribution < 1.29 is 33.3 Å². The molecule has 0 fully saturated rings. The average molecular weight is 397 g/mol. The third-order valence-corrected chi connectivity index (χ3v) is 4.16. The van der Waals surface area contributed by atoms with Crippen LogP contribution in [0.5, 0.6) is 11.5 Å². The summed E-state index contributed by atoms with van der Waals surface area (Å²) in [4.78, 5) is 26.9. The zero-order chi connectivity index (χ0) is 21.1. The third-order valence-electron chi connectivity index (χ3n) is 4.16. The Morgan fingerprint density at radius 1 is 0.964 bits per heavy atom. The molecule has 1 aromatic carbocycles. The Balaban J connectivity index is 3.66. The molecule has 0 heterocycles. The van der Waals surface area contributed by atoms with E-state index in [4.69, 9.17) is 23.7 Å². The second-order valence-electron chi connectivity index (χ2n) is 6.14. The third kappa shape index (κ3) is 6.10. The van der Waals surface area contributed by atoms with Gasteiger partial charge in [-0.2, -0.15) is 0 Å². The molecule has 0 saturated heterocycles. The molecule has 0 unspecified atom stereocenters. The summed E-state index contributed by atoms with van der Waals surface area (Å²) in [6, 6.07) is 1.64. The van der Waals surface area contributed by atoms with Gasteiger partial charge in [-0.05, 0) is 24.0 Å². The molecule has 8 heteroatoms. The fraction of sp³-hybridized carbons (Fsp3) is 0.600. The smallest absolute Gasteiger partial charge is 0.310 e. The van der Waals surface area contributed by atoms with Gasteiger partial charge in [-0.25, -0.2) is 0 Å². The first-order valence-corrected chi connectivity index (χ1v) is 9.19. The molecule has 0 N–H and O–H groups in total. The molecule has 0 aliphatic heterocycles. The molecule has 0 spiro atoms. The predicted molar refractivity (Wildman–Crippen MR) is 104 cm³/mol. The van der Waals surface area contributed by atoms with Gasteiger partial charge in [0.2, 0.25) is 0 Å². The lowest BCUT2D eigenvalue weighted by Crippen LogP contribution is -2.30. The molecule has 1 aromatic rings. The predicted octanol–water partition coefficient (Wildman–Crippen LogP) is 2.41. The number of methoxy groups -OCH3 is 3. The molecule has 0 aromatic heterocycles. The van der Waals surface area contributed by atoms with Gasteiger partial charge in [0.1, 0.15) is 11.5 Å². The number of esters is 1. The van der Waals surface area contributed by atoms with Crippen LogP contribution in [0.4, 0.5) is 0 Å². The molecule has 158 valence electrons. The van der Waals surface area contributed by atoms with E-state index in [0.29, 0.717) is 29.8 Å². The fourth-order valence-corrected chi connectivity index (χ4v) is 2.88. The summed E-state index contributed by atoms with van der Waals surface area (Å²) in [6.45, 7) is 4.46. The van der Waals surface area contributed by atoms with Crippen molar-refractivity contribution in [1.29, 1.82) is 0 Å². The average Bonchev–Trinajstić information content (AvgIpc) is 2.69. The summed E-state index contributed by atoms with van der Waals surface area (Å²) in [6.07, 6.45) is 1.28. The highest BCUT2D eigenvalue weighted by Gasteiger charge is 2.27. The quantitative estimate of drug-likeness (QED) is 0.396. The summed E-state index contributed by atoms with van der Waals surface area (Å²) in [5.41, 5.74) is 1.59. The molecule has 0 bridgehead atoms. The van der Waals surface area contributed by atoms with Crippen LogP contribution in [0.15, 0.2) is 6.07 Å². The number of nitrogens with zero attached hydrogens (tertiary/aromatic N) is 1. The summed E-state index contributed by atoms with van der Waals surface area (Å²) >= 11 is 0. The number of hydrogen-bond donors (Lipinski definition) is 0.